The number of urea groups is 1. The Bertz CT molecular complexity index is 446. The van der Waals surface area contributed by atoms with E-state index in [2.05, 4.69) is 10.6 Å². The summed E-state index contributed by atoms with van der Waals surface area (Å²) in [6, 6.07) is 6.56. The Morgan fingerprint density at radius 1 is 1.37 bits per heavy atom. The zero-order valence-corrected chi connectivity index (χ0v) is 11.0. The average molecular weight is 266 g/mol. The molecule has 1 rings (SSSR count). The van der Waals surface area contributed by atoms with Gasteiger partial charge in [-0.15, -0.1) is 0 Å². The first-order chi connectivity index (χ1) is 8.97. The predicted octanol–water partition coefficient (Wildman–Crippen LogP) is 2.07. The minimum absolute atomic E-state index is 0.0552. The van der Waals surface area contributed by atoms with Crippen molar-refractivity contribution in [3.63, 3.8) is 0 Å². The van der Waals surface area contributed by atoms with Crippen LogP contribution < -0.4 is 15.4 Å². The molecule has 0 aliphatic heterocycles. The number of rotatable bonds is 6. The van der Waals surface area contributed by atoms with Crippen LogP contribution in [0.2, 0.25) is 0 Å². The highest BCUT2D eigenvalue weighted by molar-refractivity contribution is 5.89. The van der Waals surface area contributed by atoms with Crippen LogP contribution in [0.4, 0.5) is 10.5 Å². The maximum atomic E-state index is 11.5. The van der Waals surface area contributed by atoms with Crippen molar-refractivity contribution in [1.82, 2.24) is 5.32 Å². The summed E-state index contributed by atoms with van der Waals surface area (Å²) < 4.78 is 5.50. The smallest absolute Gasteiger partial charge is 0.319 e. The Hall–Kier alpha value is -2.24. The first-order valence-electron chi connectivity index (χ1n) is 6.00. The number of ether oxygens (including phenoxy) is 1. The second-order valence-electron chi connectivity index (χ2n) is 4.22. The van der Waals surface area contributed by atoms with Crippen LogP contribution in [0.5, 0.6) is 5.75 Å². The van der Waals surface area contributed by atoms with Gasteiger partial charge in [0.05, 0.1) is 12.5 Å². The molecule has 0 aliphatic carbocycles. The molecule has 0 aliphatic rings. The molecule has 0 saturated carbocycles. The fraction of sp³-hybridized carbons (Fsp3) is 0.385. The number of carboxylic acid groups (broad SMARTS) is 1. The van der Waals surface area contributed by atoms with E-state index in [1.165, 1.54) is 0 Å². The standard InChI is InChI=1S/C13H18N2O4/c1-9(2)19-11-5-3-4-10(8-11)15-13(18)14-7-6-12(16)17/h3-5,8-9H,6-7H2,1-2H3,(H,16,17)(H2,14,15,18). The van der Waals surface area contributed by atoms with Crippen molar-refractivity contribution >= 4 is 17.7 Å². The van der Waals surface area contributed by atoms with Crippen LogP contribution >= 0.6 is 0 Å². The topological polar surface area (TPSA) is 87.7 Å². The molecule has 19 heavy (non-hydrogen) atoms. The third-order valence-corrected chi connectivity index (χ3v) is 2.09. The number of anilines is 1. The zero-order valence-electron chi connectivity index (χ0n) is 11.0. The van der Waals surface area contributed by atoms with Crippen molar-refractivity contribution < 1.29 is 19.4 Å². The number of hydrogen-bond acceptors (Lipinski definition) is 3. The summed E-state index contributed by atoms with van der Waals surface area (Å²) in [5.41, 5.74) is 0.589. The molecular weight excluding hydrogens is 248 g/mol. The number of carbonyl (C=O) groups is 2. The van der Waals surface area contributed by atoms with Crippen LogP contribution in [-0.2, 0) is 4.79 Å². The van der Waals surface area contributed by atoms with E-state index in [-0.39, 0.29) is 19.1 Å². The molecule has 0 spiro atoms. The molecule has 0 saturated heterocycles. The van der Waals surface area contributed by atoms with E-state index in [1.807, 2.05) is 13.8 Å². The van der Waals surface area contributed by atoms with E-state index in [0.29, 0.717) is 11.4 Å². The minimum Gasteiger partial charge on any atom is -0.491 e. The lowest BCUT2D eigenvalue weighted by Crippen LogP contribution is -2.30. The van der Waals surface area contributed by atoms with Gasteiger partial charge in [0.15, 0.2) is 0 Å². The molecule has 2 amide bonds. The third kappa shape index (κ3) is 6.30. The SMILES string of the molecule is CC(C)Oc1cccc(NC(=O)NCCC(=O)O)c1. The molecule has 6 nitrogen and oxygen atoms in total. The Kier molecular flexibility index (Phi) is 5.66. The lowest BCUT2D eigenvalue weighted by molar-refractivity contribution is -0.136. The molecule has 0 unspecified atom stereocenters. The van der Waals surface area contributed by atoms with Crippen molar-refractivity contribution in [2.45, 2.75) is 26.4 Å². The second kappa shape index (κ2) is 7.25. The molecular formula is C13H18N2O4. The molecule has 1 aromatic carbocycles. The van der Waals surface area contributed by atoms with Crippen molar-refractivity contribution in [2.24, 2.45) is 0 Å². The van der Waals surface area contributed by atoms with Crippen molar-refractivity contribution in [3.8, 4) is 5.75 Å². The number of carboxylic acids is 1. The van der Waals surface area contributed by atoms with Crippen molar-refractivity contribution in [2.75, 3.05) is 11.9 Å². The summed E-state index contributed by atoms with van der Waals surface area (Å²) in [4.78, 5) is 21.8. The molecule has 0 fully saturated rings. The van der Waals surface area contributed by atoms with E-state index < -0.39 is 12.0 Å². The Balaban J connectivity index is 2.47. The van der Waals surface area contributed by atoms with Gasteiger partial charge in [-0.25, -0.2) is 4.79 Å². The normalized spacial score (nSPS) is 10.1. The average Bonchev–Trinajstić information content (AvgIpc) is 2.27. The van der Waals surface area contributed by atoms with Gasteiger partial charge in [0, 0.05) is 18.3 Å². The van der Waals surface area contributed by atoms with Gasteiger partial charge in [-0.2, -0.15) is 0 Å². The summed E-state index contributed by atoms with van der Waals surface area (Å²) in [6.07, 6.45) is -0.0520. The number of carbonyl (C=O) groups excluding carboxylic acids is 1. The Morgan fingerprint density at radius 3 is 2.74 bits per heavy atom. The summed E-state index contributed by atoms with van der Waals surface area (Å²) in [7, 11) is 0. The fourth-order valence-corrected chi connectivity index (χ4v) is 1.38. The lowest BCUT2D eigenvalue weighted by atomic mass is 10.3. The first-order valence-corrected chi connectivity index (χ1v) is 6.00. The fourth-order valence-electron chi connectivity index (χ4n) is 1.38. The highest BCUT2D eigenvalue weighted by atomic mass is 16.5. The van der Waals surface area contributed by atoms with Crippen LogP contribution in [0.3, 0.4) is 0 Å². The van der Waals surface area contributed by atoms with Crippen molar-refractivity contribution in [3.05, 3.63) is 24.3 Å². The molecule has 0 bridgehead atoms. The van der Waals surface area contributed by atoms with Gasteiger partial charge in [0.25, 0.3) is 0 Å². The Morgan fingerprint density at radius 2 is 2.11 bits per heavy atom. The van der Waals surface area contributed by atoms with Gasteiger partial charge in [-0.05, 0) is 26.0 Å². The van der Waals surface area contributed by atoms with Gasteiger partial charge < -0.3 is 20.5 Å². The van der Waals surface area contributed by atoms with Crippen molar-refractivity contribution in [1.29, 1.82) is 0 Å². The highest BCUT2D eigenvalue weighted by Crippen LogP contribution is 2.18. The largest absolute Gasteiger partial charge is 0.491 e. The number of hydrogen-bond donors (Lipinski definition) is 3. The van der Waals surface area contributed by atoms with Crippen LogP contribution in [0.15, 0.2) is 24.3 Å². The summed E-state index contributed by atoms with van der Waals surface area (Å²) in [5, 5.41) is 13.5. The molecule has 0 heterocycles. The zero-order chi connectivity index (χ0) is 14.3. The maximum Gasteiger partial charge on any atom is 0.319 e. The summed E-state index contributed by atoms with van der Waals surface area (Å²) in [6.45, 7) is 3.92. The highest BCUT2D eigenvalue weighted by Gasteiger charge is 2.04. The third-order valence-electron chi connectivity index (χ3n) is 2.09. The van der Waals surface area contributed by atoms with E-state index in [9.17, 15) is 9.59 Å². The van der Waals surface area contributed by atoms with Gasteiger partial charge >= 0.3 is 12.0 Å². The molecule has 1 aromatic rings. The summed E-state index contributed by atoms with van der Waals surface area (Å²) in [5.74, 6) is -0.286. The molecule has 0 radical (unpaired) electrons. The van der Waals surface area contributed by atoms with Crippen LogP contribution in [-0.4, -0.2) is 29.8 Å². The molecule has 0 aromatic heterocycles. The number of amides is 2. The summed E-state index contributed by atoms with van der Waals surface area (Å²) >= 11 is 0. The first kappa shape index (κ1) is 14.8. The minimum atomic E-state index is -0.951. The van der Waals surface area contributed by atoms with E-state index in [0.717, 1.165) is 0 Å². The predicted molar refractivity (Wildman–Crippen MR) is 71.5 cm³/mol. The van der Waals surface area contributed by atoms with Crippen LogP contribution in [0.1, 0.15) is 20.3 Å². The van der Waals surface area contributed by atoms with Crippen LogP contribution in [0.25, 0.3) is 0 Å². The van der Waals surface area contributed by atoms with Gasteiger partial charge in [0.2, 0.25) is 0 Å². The van der Waals surface area contributed by atoms with E-state index in [4.69, 9.17) is 9.84 Å². The number of benzene rings is 1. The van der Waals surface area contributed by atoms with Gasteiger partial charge in [0.1, 0.15) is 5.75 Å². The second-order valence-corrected chi connectivity index (χ2v) is 4.22. The van der Waals surface area contributed by atoms with E-state index in [1.54, 1.807) is 24.3 Å². The number of aliphatic carboxylic acids is 1. The quantitative estimate of drug-likeness (QED) is 0.735. The van der Waals surface area contributed by atoms with Gasteiger partial charge in [-0.3, -0.25) is 4.79 Å². The lowest BCUT2D eigenvalue weighted by Gasteiger charge is -2.11. The maximum absolute atomic E-state index is 11.5. The molecule has 104 valence electrons. The van der Waals surface area contributed by atoms with Crippen LogP contribution in [0, 0.1) is 0 Å². The monoisotopic (exact) mass is 266 g/mol. The van der Waals surface area contributed by atoms with E-state index >= 15 is 0 Å². The molecule has 3 N–H and O–H groups in total. The Labute approximate surface area is 111 Å². The molecule has 6 heteroatoms. The number of nitrogens with one attached hydrogen (secondary N) is 2. The van der Waals surface area contributed by atoms with Gasteiger partial charge in [-0.1, -0.05) is 6.07 Å². The molecule has 0 atom stereocenters.